The SMILES string of the molecule is O=C1CCN(C(=O)OCC#Cc2ccncc2)CC1. The lowest BCUT2D eigenvalue weighted by Gasteiger charge is -2.24. The van der Waals surface area contributed by atoms with Crippen LogP contribution in [-0.2, 0) is 9.53 Å². The minimum absolute atomic E-state index is 0.0472. The van der Waals surface area contributed by atoms with Crippen LogP contribution in [0, 0.1) is 11.8 Å². The number of ketones is 1. The fraction of sp³-hybridized carbons (Fsp3) is 0.357. The number of pyridine rings is 1. The van der Waals surface area contributed by atoms with Crippen LogP contribution in [0.25, 0.3) is 0 Å². The van der Waals surface area contributed by atoms with Gasteiger partial charge in [-0.3, -0.25) is 9.78 Å². The van der Waals surface area contributed by atoms with Crippen molar-refractivity contribution in [2.45, 2.75) is 12.8 Å². The van der Waals surface area contributed by atoms with E-state index >= 15 is 0 Å². The summed E-state index contributed by atoms with van der Waals surface area (Å²) in [6.07, 6.45) is 3.73. The Labute approximate surface area is 111 Å². The highest BCUT2D eigenvalue weighted by Crippen LogP contribution is 2.06. The predicted molar refractivity (Wildman–Crippen MR) is 68.3 cm³/mol. The molecule has 1 amide bonds. The van der Waals surface area contributed by atoms with Crippen molar-refractivity contribution in [2.75, 3.05) is 19.7 Å². The summed E-state index contributed by atoms with van der Waals surface area (Å²) in [5.74, 6) is 5.83. The maximum atomic E-state index is 11.6. The van der Waals surface area contributed by atoms with E-state index in [0.29, 0.717) is 25.9 Å². The molecule has 98 valence electrons. The molecule has 0 atom stereocenters. The Bertz CT molecular complexity index is 506. The van der Waals surface area contributed by atoms with E-state index in [2.05, 4.69) is 16.8 Å². The predicted octanol–water partition coefficient (Wildman–Crippen LogP) is 1.23. The molecule has 0 aliphatic carbocycles. The van der Waals surface area contributed by atoms with Crippen LogP contribution in [0.1, 0.15) is 18.4 Å². The van der Waals surface area contributed by atoms with Crippen LogP contribution < -0.4 is 0 Å². The Hall–Kier alpha value is -2.35. The lowest BCUT2D eigenvalue weighted by molar-refractivity contribution is -0.121. The van der Waals surface area contributed by atoms with Crippen LogP contribution in [0.3, 0.4) is 0 Å². The van der Waals surface area contributed by atoms with Crippen LogP contribution in [0.2, 0.25) is 0 Å². The normalized spacial score (nSPS) is 14.5. The van der Waals surface area contributed by atoms with Gasteiger partial charge in [0.1, 0.15) is 5.78 Å². The van der Waals surface area contributed by atoms with Crippen molar-refractivity contribution in [1.29, 1.82) is 0 Å². The molecule has 0 saturated carbocycles. The van der Waals surface area contributed by atoms with E-state index < -0.39 is 6.09 Å². The third kappa shape index (κ3) is 4.11. The van der Waals surface area contributed by atoms with Gasteiger partial charge in [-0.15, -0.1) is 0 Å². The van der Waals surface area contributed by atoms with Crippen molar-refractivity contribution >= 4 is 11.9 Å². The molecular weight excluding hydrogens is 244 g/mol. The summed E-state index contributed by atoms with van der Waals surface area (Å²) in [7, 11) is 0. The highest BCUT2D eigenvalue weighted by atomic mass is 16.6. The fourth-order valence-corrected chi connectivity index (χ4v) is 1.70. The minimum Gasteiger partial charge on any atom is -0.436 e. The number of hydrogen-bond donors (Lipinski definition) is 0. The summed E-state index contributed by atoms with van der Waals surface area (Å²) >= 11 is 0. The Morgan fingerprint density at radius 2 is 2.00 bits per heavy atom. The zero-order chi connectivity index (χ0) is 13.5. The average Bonchev–Trinajstić information content (AvgIpc) is 2.45. The van der Waals surface area contributed by atoms with E-state index in [1.807, 2.05) is 0 Å². The van der Waals surface area contributed by atoms with Gasteiger partial charge in [0.15, 0.2) is 6.61 Å². The fourth-order valence-electron chi connectivity index (χ4n) is 1.70. The number of carbonyl (C=O) groups excluding carboxylic acids is 2. The van der Waals surface area contributed by atoms with E-state index in [4.69, 9.17) is 4.74 Å². The highest BCUT2D eigenvalue weighted by molar-refractivity contribution is 5.81. The molecule has 1 saturated heterocycles. The molecule has 1 aliphatic heterocycles. The van der Waals surface area contributed by atoms with Gasteiger partial charge in [-0.1, -0.05) is 11.8 Å². The second-order valence-corrected chi connectivity index (χ2v) is 4.12. The van der Waals surface area contributed by atoms with Gasteiger partial charge < -0.3 is 9.64 Å². The van der Waals surface area contributed by atoms with Gasteiger partial charge in [0.05, 0.1) is 0 Å². The molecule has 1 aromatic rings. The highest BCUT2D eigenvalue weighted by Gasteiger charge is 2.21. The molecule has 1 fully saturated rings. The second kappa shape index (κ2) is 6.55. The van der Waals surface area contributed by atoms with Gasteiger partial charge in [-0.2, -0.15) is 0 Å². The molecule has 19 heavy (non-hydrogen) atoms. The number of hydrogen-bond acceptors (Lipinski definition) is 4. The van der Waals surface area contributed by atoms with Gasteiger partial charge >= 0.3 is 6.09 Å². The second-order valence-electron chi connectivity index (χ2n) is 4.12. The van der Waals surface area contributed by atoms with Crippen molar-refractivity contribution in [2.24, 2.45) is 0 Å². The van der Waals surface area contributed by atoms with Crippen molar-refractivity contribution in [3.8, 4) is 11.8 Å². The molecule has 0 unspecified atom stereocenters. The standard InChI is InChI=1S/C14H14N2O3/c17-13-5-9-16(10-6-13)14(18)19-11-1-2-12-3-7-15-8-4-12/h3-4,7-8H,5-6,9-11H2. The van der Waals surface area contributed by atoms with E-state index in [9.17, 15) is 9.59 Å². The molecule has 1 aliphatic rings. The van der Waals surface area contributed by atoms with E-state index in [0.717, 1.165) is 5.56 Å². The van der Waals surface area contributed by atoms with Gasteiger partial charge in [0, 0.05) is 43.9 Å². The zero-order valence-corrected chi connectivity index (χ0v) is 10.5. The van der Waals surface area contributed by atoms with Gasteiger partial charge in [0.25, 0.3) is 0 Å². The van der Waals surface area contributed by atoms with Crippen LogP contribution >= 0.6 is 0 Å². The number of likely N-dealkylation sites (tertiary alicyclic amines) is 1. The average molecular weight is 258 g/mol. The summed E-state index contributed by atoms with van der Waals surface area (Å²) < 4.78 is 5.02. The first-order valence-electron chi connectivity index (χ1n) is 6.08. The molecule has 0 bridgehead atoms. The van der Waals surface area contributed by atoms with Crippen molar-refractivity contribution in [3.05, 3.63) is 30.1 Å². The number of aromatic nitrogens is 1. The molecule has 0 aromatic carbocycles. The molecular formula is C14H14N2O3. The van der Waals surface area contributed by atoms with E-state index in [-0.39, 0.29) is 12.4 Å². The van der Waals surface area contributed by atoms with Crippen molar-refractivity contribution in [1.82, 2.24) is 9.88 Å². The molecule has 0 radical (unpaired) electrons. The number of Topliss-reactive ketones (excluding diaryl/α,β-unsaturated/α-hetero) is 1. The first-order chi connectivity index (χ1) is 9.25. The molecule has 2 rings (SSSR count). The third-order valence-electron chi connectivity index (χ3n) is 2.76. The summed E-state index contributed by atoms with van der Waals surface area (Å²) in [5.41, 5.74) is 0.828. The van der Waals surface area contributed by atoms with Crippen LogP contribution in [0.5, 0.6) is 0 Å². The zero-order valence-electron chi connectivity index (χ0n) is 10.5. The van der Waals surface area contributed by atoms with Crippen LogP contribution in [0.15, 0.2) is 24.5 Å². The van der Waals surface area contributed by atoms with E-state index in [1.54, 1.807) is 24.5 Å². The number of rotatable bonds is 1. The lowest BCUT2D eigenvalue weighted by Crippen LogP contribution is -2.39. The van der Waals surface area contributed by atoms with Gasteiger partial charge in [-0.05, 0) is 12.1 Å². The Morgan fingerprint density at radius 1 is 1.32 bits per heavy atom. The number of piperidine rings is 1. The molecule has 5 nitrogen and oxygen atoms in total. The molecule has 1 aromatic heterocycles. The Kier molecular flexibility index (Phi) is 4.51. The monoisotopic (exact) mass is 258 g/mol. The lowest BCUT2D eigenvalue weighted by atomic mass is 10.1. The molecule has 2 heterocycles. The molecule has 0 spiro atoms. The first-order valence-corrected chi connectivity index (χ1v) is 6.08. The van der Waals surface area contributed by atoms with Gasteiger partial charge in [-0.25, -0.2) is 4.79 Å². The third-order valence-corrected chi connectivity index (χ3v) is 2.76. The number of ether oxygens (including phenoxy) is 1. The summed E-state index contributed by atoms with van der Waals surface area (Å²) in [5, 5.41) is 0. The largest absolute Gasteiger partial charge is 0.436 e. The topological polar surface area (TPSA) is 59.5 Å². The summed E-state index contributed by atoms with van der Waals surface area (Å²) in [6.45, 7) is 0.927. The van der Waals surface area contributed by atoms with E-state index in [1.165, 1.54) is 4.90 Å². The summed E-state index contributed by atoms with van der Waals surface area (Å²) in [6, 6.07) is 3.57. The van der Waals surface area contributed by atoms with Crippen molar-refractivity contribution < 1.29 is 14.3 Å². The smallest absolute Gasteiger partial charge is 0.410 e. The van der Waals surface area contributed by atoms with Crippen LogP contribution in [0.4, 0.5) is 4.79 Å². The maximum Gasteiger partial charge on any atom is 0.410 e. The Balaban J connectivity index is 1.75. The maximum absolute atomic E-state index is 11.6. The molecule has 0 N–H and O–H groups in total. The number of nitrogens with zero attached hydrogens (tertiary/aromatic N) is 2. The van der Waals surface area contributed by atoms with Crippen molar-refractivity contribution in [3.63, 3.8) is 0 Å². The van der Waals surface area contributed by atoms with Crippen LogP contribution in [-0.4, -0.2) is 41.5 Å². The first kappa shape index (κ1) is 13.1. The Morgan fingerprint density at radius 3 is 2.68 bits per heavy atom. The van der Waals surface area contributed by atoms with Gasteiger partial charge in [0.2, 0.25) is 0 Å². The number of amides is 1. The summed E-state index contributed by atoms with van der Waals surface area (Å²) in [4.78, 5) is 28.1. The molecule has 5 heteroatoms. The quantitative estimate of drug-likeness (QED) is 0.711. The minimum atomic E-state index is -0.406. The number of carbonyl (C=O) groups is 2.